The Kier molecular flexibility index (Phi) is 3.12. The van der Waals surface area contributed by atoms with E-state index in [1.165, 1.54) is 6.07 Å². The van der Waals surface area contributed by atoms with E-state index in [0.717, 1.165) is 6.07 Å². The van der Waals surface area contributed by atoms with Crippen LogP contribution in [0.4, 0.5) is 4.39 Å². The Morgan fingerprint density at radius 1 is 1.24 bits per heavy atom. The summed E-state index contributed by atoms with van der Waals surface area (Å²) in [6, 6.07) is 2.28. The van der Waals surface area contributed by atoms with Crippen LogP contribution in [0.5, 0.6) is 0 Å². The lowest BCUT2D eigenvalue weighted by atomic mass is 10.2. The van der Waals surface area contributed by atoms with Gasteiger partial charge < -0.3 is 5.11 Å². The molecule has 3 nitrogen and oxygen atoms in total. The lowest BCUT2D eigenvalue weighted by Gasteiger charge is -2.06. The van der Waals surface area contributed by atoms with Gasteiger partial charge in [0.1, 0.15) is 5.69 Å². The van der Waals surface area contributed by atoms with Gasteiger partial charge in [0.25, 0.3) is 0 Å². The number of rotatable bonds is 1. The summed E-state index contributed by atoms with van der Waals surface area (Å²) in [5.74, 6) is -2.06. The summed E-state index contributed by atoms with van der Waals surface area (Å²) in [5, 5.41) is 8.43. The van der Waals surface area contributed by atoms with Gasteiger partial charge in [-0.2, -0.15) is 0 Å². The number of carboxylic acid groups (broad SMARTS) is 1. The molecular weight excluding hydrogens is 291 g/mol. The number of hydrogen-bond acceptors (Lipinski definition) is 2. The van der Waals surface area contributed by atoms with Crippen LogP contribution in [-0.4, -0.2) is 16.1 Å². The van der Waals surface area contributed by atoms with E-state index in [2.05, 4.69) is 4.98 Å². The Labute approximate surface area is 110 Å². The molecule has 0 bridgehead atoms. The van der Waals surface area contributed by atoms with Gasteiger partial charge in [0.15, 0.2) is 5.82 Å². The van der Waals surface area contributed by atoms with Gasteiger partial charge in [0.05, 0.1) is 20.6 Å². The Bertz CT molecular complexity index is 645. The maximum absolute atomic E-state index is 13.4. The van der Waals surface area contributed by atoms with Crippen molar-refractivity contribution < 1.29 is 14.3 Å². The van der Waals surface area contributed by atoms with Crippen molar-refractivity contribution in [2.45, 2.75) is 0 Å². The highest BCUT2D eigenvalue weighted by Crippen LogP contribution is 2.35. The van der Waals surface area contributed by atoms with Crippen LogP contribution in [0.25, 0.3) is 10.9 Å². The number of pyridine rings is 1. The SMILES string of the molecule is O=C(O)c1cc(Cl)c2c(Cl)c(F)c(Cl)cc2n1. The number of nitrogens with zero attached hydrogens (tertiary/aromatic N) is 1. The molecule has 0 aliphatic heterocycles. The Balaban J connectivity index is 2.91. The van der Waals surface area contributed by atoms with Crippen LogP contribution in [-0.2, 0) is 0 Å². The average molecular weight is 294 g/mol. The van der Waals surface area contributed by atoms with Crippen molar-refractivity contribution in [3.63, 3.8) is 0 Å². The number of benzene rings is 1. The summed E-state index contributed by atoms with van der Waals surface area (Å²) in [7, 11) is 0. The quantitative estimate of drug-likeness (QED) is 0.808. The van der Waals surface area contributed by atoms with Crippen LogP contribution in [0.3, 0.4) is 0 Å². The molecule has 0 aliphatic carbocycles. The molecule has 1 aromatic heterocycles. The van der Waals surface area contributed by atoms with Crippen molar-refractivity contribution in [2.75, 3.05) is 0 Å². The number of carboxylic acids is 1. The van der Waals surface area contributed by atoms with Crippen molar-refractivity contribution >= 4 is 51.7 Å². The van der Waals surface area contributed by atoms with Gasteiger partial charge in [-0.3, -0.25) is 0 Å². The van der Waals surface area contributed by atoms with E-state index >= 15 is 0 Å². The molecule has 1 aromatic carbocycles. The molecule has 0 amide bonds. The Morgan fingerprint density at radius 3 is 2.47 bits per heavy atom. The third-order valence-electron chi connectivity index (χ3n) is 2.10. The topological polar surface area (TPSA) is 50.2 Å². The molecule has 0 saturated heterocycles. The molecule has 1 heterocycles. The average Bonchev–Trinajstić information content (AvgIpc) is 2.25. The van der Waals surface area contributed by atoms with Gasteiger partial charge in [-0.05, 0) is 12.1 Å². The van der Waals surface area contributed by atoms with Gasteiger partial charge in [-0.25, -0.2) is 14.2 Å². The van der Waals surface area contributed by atoms with E-state index in [9.17, 15) is 9.18 Å². The summed E-state index contributed by atoms with van der Waals surface area (Å²) in [6.07, 6.45) is 0. The summed E-state index contributed by atoms with van der Waals surface area (Å²) in [5.41, 5.74) is -0.132. The predicted molar refractivity (Wildman–Crippen MR) is 63.7 cm³/mol. The highest BCUT2D eigenvalue weighted by atomic mass is 35.5. The number of hydrogen-bond donors (Lipinski definition) is 1. The van der Waals surface area contributed by atoms with E-state index in [1.54, 1.807) is 0 Å². The minimum Gasteiger partial charge on any atom is -0.477 e. The van der Waals surface area contributed by atoms with Gasteiger partial charge in [-0.1, -0.05) is 34.8 Å². The first-order chi connectivity index (χ1) is 7.91. The largest absolute Gasteiger partial charge is 0.477 e. The second kappa shape index (κ2) is 4.29. The molecule has 0 radical (unpaired) electrons. The molecule has 17 heavy (non-hydrogen) atoms. The van der Waals surface area contributed by atoms with Crippen molar-refractivity contribution in [3.8, 4) is 0 Å². The second-order valence-electron chi connectivity index (χ2n) is 3.17. The molecule has 88 valence electrons. The zero-order valence-corrected chi connectivity index (χ0v) is 10.2. The maximum atomic E-state index is 13.4. The normalized spacial score (nSPS) is 10.8. The van der Waals surface area contributed by atoms with Gasteiger partial charge in [0.2, 0.25) is 0 Å². The molecule has 0 aliphatic rings. The standard InChI is InChI=1S/C10H3Cl3FNO2/c11-3-1-6(10(16)17)15-5-2-4(12)9(14)8(13)7(3)5/h1-2H,(H,16,17). The number of aromatic nitrogens is 1. The van der Waals surface area contributed by atoms with Crippen LogP contribution in [0.15, 0.2) is 12.1 Å². The fourth-order valence-corrected chi connectivity index (χ4v) is 2.25. The predicted octanol–water partition coefficient (Wildman–Crippen LogP) is 4.03. The first kappa shape index (κ1) is 12.4. The highest BCUT2D eigenvalue weighted by molar-refractivity contribution is 6.43. The zero-order valence-electron chi connectivity index (χ0n) is 7.97. The van der Waals surface area contributed by atoms with Crippen LogP contribution in [0, 0.1) is 5.82 Å². The minimum atomic E-state index is -1.25. The van der Waals surface area contributed by atoms with Crippen molar-refractivity contribution in [1.29, 1.82) is 0 Å². The third-order valence-corrected chi connectivity index (χ3v) is 3.03. The lowest BCUT2D eigenvalue weighted by molar-refractivity contribution is 0.0691. The van der Waals surface area contributed by atoms with E-state index in [0.29, 0.717) is 0 Å². The van der Waals surface area contributed by atoms with Crippen LogP contribution in [0.1, 0.15) is 10.5 Å². The number of halogens is 4. The molecule has 0 atom stereocenters. The van der Waals surface area contributed by atoms with Crippen molar-refractivity contribution in [2.24, 2.45) is 0 Å². The minimum absolute atomic E-state index is 0.00738. The van der Waals surface area contributed by atoms with Gasteiger partial charge >= 0.3 is 5.97 Å². The summed E-state index contributed by atoms with van der Waals surface area (Å²) in [6.45, 7) is 0. The smallest absolute Gasteiger partial charge is 0.354 e. The Hall–Kier alpha value is -1.10. The van der Waals surface area contributed by atoms with E-state index < -0.39 is 11.8 Å². The van der Waals surface area contributed by atoms with E-state index in [-0.39, 0.29) is 31.7 Å². The van der Waals surface area contributed by atoms with Gasteiger partial charge in [0, 0.05) is 5.39 Å². The van der Waals surface area contributed by atoms with E-state index in [4.69, 9.17) is 39.9 Å². The van der Waals surface area contributed by atoms with Gasteiger partial charge in [-0.15, -0.1) is 0 Å². The molecule has 2 aromatic rings. The Morgan fingerprint density at radius 2 is 1.88 bits per heavy atom. The first-order valence-corrected chi connectivity index (χ1v) is 5.42. The molecule has 7 heteroatoms. The van der Waals surface area contributed by atoms with Crippen LogP contribution < -0.4 is 0 Å². The lowest BCUT2D eigenvalue weighted by Crippen LogP contribution is -2.01. The molecular formula is C10H3Cl3FNO2. The fraction of sp³-hybridized carbons (Fsp3) is 0. The number of aromatic carboxylic acids is 1. The number of carbonyl (C=O) groups is 1. The maximum Gasteiger partial charge on any atom is 0.354 e. The highest BCUT2D eigenvalue weighted by Gasteiger charge is 2.17. The number of fused-ring (bicyclic) bond motifs is 1. The summed E-state index contributed by atoms with van der Waals surface area (Å²) < 4.78 is 13.4. The molecule has 1 N–H and O–H groups in total. The van der Waals surface area contributed by atoms with Crippen molar-refractivity contribution in [1.82, 2.24) is 4.98 Å². The fourth-order valence-electron chi connectivity index (χ4n) is 1.36. The third kappa shape index (κ3) is 2.04. The molecule has 0 spiro atoms. The first-order valence-electron chi connectivity index (χ1n) is 4.29. The zero-order chi connectivity index (χ0) is 12.7. The molecule has 0 unspecified atom stereocenters. The summed E-state index contributed by atoms with van der Waals surface area (Å²) in [4.78, 5) is 14.6. The molecule has 0 saturated carbocycles. The summed E-state index contributed by atoms with van der Waals surface area (Å²) >= 11 is 17.2. The molecule has 0 fully saturated rings. The van der Waals surface area contributed by atoms with E-state index in [1.807, 2.05) is 0 Å². The monoisotopic (exact) mass is 293 g/mol. The van der Waals surface area contributed by atoms with Crippen LogP contribution >= 0.6 is 34.8 Å². The molecule has 2 rings (SSSR count). The van der Waals surface area contributed by atoms with Crippen LogP contribution in [0.2, 0.25) is 15.1 Å². The van der Waals surface area contributed by atoms with Crippen molar-refractivity contribution in [3.05, 3.63) is 38.7 Å². The second-order valence-corrected chi connectivity index (χ2v) is 4.37.